The number of hydrogen-bond donors (Lipinski definition) is 0. The van der Waals surface area contributed by atoms with Crippen LogP contribution in [0.15, 0.2) is 68.3 Å². The number of benzene rings is 2. The first kappa shape index (κ1) is 16.4. The van der Waals surface area contributed by atoms with E-state index in [9.17, 15) is 4.79 Å². The Morgan fingerprint density at radius 2 is 2.00 bits per heavy atom. The molecule has 4 rings (SSSR count). The number of ether oxygens (including phenoxy) is 1. The van der Waals surface area contributed by atoms with Crippen molar-refractivity contribution in [1.29, 1.82) is 0 Å². The van der Waals surface area contributed by atoms with Crippen molar-refractivity contribution in [3.63, 3.8) is 0 Å². The standard InChI is InChI=1S/C20H14ClNO4/c1-12-7-20(23)25-19-10-15(5-6-17(12)19)24-11-16-9-18(22-26-16)13-3-2-4-14(21)8-13/h2-10H,11H2,1H3. The van der Waals surface area contributed by atoms with Gasteiger partial charge in [0.1, 0.15) is 23.6 Å². The fourth-order valence-electron chi connectivity index (χ4n) is 2.71. The quantitative estimate of drug-likeness (QED) is 0.475. The van der Waals surface area contributed by atoms with E-state index in [2.05, 4.69) is 5.16 Å². The highest BCUT2D eigenvalue weighted by Crippen LogP contribution is 2.25. The van der Waals surface area contributed by atoms with Gasteiger partial charge in [0.2, 0.25) is 0 Å². The predicted octanol–water partition coefficient (Wildman–Crippen LogP) is 4.99. The third-order valence-electron chi connectivity index (χ3n) is 3.98. The van der Waals surface area contributed by atoms with Crippen molar-refractivity contribution in [3.8, 4) is 17.0 Å². The molecule has 0 aliphatic rings. The minimum Gasteiger partial charge on any atom is -0.485 e. The Labute approximate surface area is 153 Å². The first-order valence-corrected chi connectivity index (χ1v) is 8.35. The Morgan fingerprint density at radius 3 is 2.85 bits per heavy atom. The molecule has 26 heavy (non-hydrogen) atoms. The molecule has 0 atom stereocenters. The van der Waals surface area contributed by atoms with Crippen LogP contribution in [0.4, 0.5) is 0 Å². The van der Waals surface area contributed by atoms with Gasteiger partial charge in [-0.05, 0) is 36.8 Å². The zero-order chi connectivity index (χ0) is 18.1. The fraction of sp³-hybridized carbons (Fsp3) is 0.100. The maximum atomic E-state index is 11.5. The zero-order valence-corrected chi connectivity index (χ0v) is 14.6. The Balaban J connectivity index is 1.53. The van der Waals surface area contributed by atoms with E-state index in [1.165, 1.54) is 6.07 Å². The lowest BCUT2D eigenvalue weighted by atomic mass is 10.1. The molecule has 0 spiro atoms. The third-order valence-corrected chi connectivity index (χ3v) is 4.22. The van der Waals surface area contributed by atoms with Gasteiger partial charge in [-0.1, -0.05) is 28.9 Å². The monoisotopic (exact) mass is 367 g/mol. The summed E-state index contributed by atoms with van der Waals surface area (Å²) >= 11 is 6.00. The molecule has 6 heteroatoms. The van der Waals surface area contributed by atoms with E-state index in [1.54, 1.807) is 18.2 Å². The molecule has 0 aliphatic heterocycles. The molecule has 130 valence electrons. The maximum absolute atomic E-state index is 11.5. The van der Waals surface area contributed by atoms with Crippen molar-refractivity contribution >= 4 is 22.6 Å². The van der Waals surface area contributed by atoms with Crippen LogP contribution in [0.25, 0.3) is 22.2 Å². The van der Waals surface area contributed by atoms with Crippen LogP contribution in [0.3, 0.4) is 0 Å². The number of aromatic nitrogens is 1. The largest absolute Gasteiger partial charge is 0.485 e. The van der Waals surface area contributed by atoms with Crippen molar-refractivity contribution in [2.45, 2.75) is 13.5 Å². The Hall–Kier alpha value is -3.05. The van der Waals surface area contributed by atoms with Crippen LogP contribution < -0.4 is 10.4 Å². The topological polar surface area (TPSA) is 65.5 Å². The van der Waals surface area contributed by atoms with E-state index >= 15 is 0 Å². The third kappa shape index (κ3) is 3.34. The molecule has 0 N–H and O–H groups in total. The number of nitrogens with zero attached hydrogens (tertiary/aromatic N) is 1. The molecule has 0 bridgehead atoms. The number of rotatable bonds is 4. The number of halogens is 1. The molecule has 5 nitrogen and oxygen atoms in total. The number of fused-ring (bicyclic) bond motifs is 1. The van der Waals surface area contributed by atoms with E-state index in [1.807, 2.05) is 37.3 Å². The van der Waals surface area contributed by atoms with Gasteiger partial charge in [-0.3, -0.25) is 0 Å². The van der Waals surface area contributed by atoms with E-state index in [0.717, 1.165) is 16.5 Å². The number of hydrogen-bond acceptors (Lipinski definition) is 5. The minimum absolute atomic E-state index is 0.203. The lowest BCUT2D eigenvalue weighted by Crippen LogP contribution is -1.98. The summed E-state index contributed by atoms with van der Waals surface area (Å²) in [4.78, 5) is 11.5. The molecular weight excluding hydrogens is 354 g/mol. The maximum Gasteiger partial charge on any atom is 0.336 e. The van der Waals surface area contributed by atoms with Crippen molar-refractivity contribution in [2.24, 2.45) is 0 Å². The van der Waals surface area contributed by atoms with E-state index in [-0.39, 0.29) is 12.2 Å². The van der Waals surface area contributed by atoms with Gasteiger partial charge < -0.3 is 13.7 Å². The predicted molar refractivity (Wildman–Crippen MR) is 98.5 cm³/mol. The smallest absolute Gasteiger partial charge is 0.336 e. The van der Waals surface area contributed by atoms with Crippen LogP contribution in [0.1, 0.15) is 11.3 Å². The Bertz CT molecular complexity index is 1150. The number of aryl methyl sites for hydroxylation is 1. The van der Waals surface area contributed by atoms with Gasteiger partial charge in [0.25, 0.3) is 0 Å². The van der Waals surface area contributed by atoms with Crippen molar-refractivity contribution in [1.82, 2.24) is 5.16 Å². The second kappa shape index (κ2) is 6.69. The van der Waals surface area contributed by atoms with Crippen LogP contribution in [0.2, 0.25) is 5.02 Å². The molecule has 2 aromatic heterocycles. The highest BCUT2D eigenvalue weighted by Gasteiger charge is 2.09. The summed E-state index contributed by atoms with van der Waals surface area (Å²) in [7, 11) is 0. The lowest BCUT2D eigenvalue weighted by molar-refractivity contribution is 0.249. The van der Waals surface area contributed by atoms with Gasteiger partial charge >= 0.3 is 5.63 Å². The van der Waals surface area contributed by atoms with Gasteiger partial charge in [-0.25, -0.2) is 4.79 Å². The van der Waals surface area contributed by atoms with E-state index in [4.69, 9.17) is 25.3 Å². The molecule has 0 saturated heterocycles. The Morgan fingerprint density at radius 1 is 1.12 bits per heavy atom. The molecule has 2 aromatic carbocycles. The fourth-order valence-corrected chi connectivity index (χ4v) is 2.90. The average molecular weight is 368 g/mol. The molecule has 0 unspecified atom stereocenters. The van der Waals surface area contributed by atoms with E-state index < -0.39 is 0 Å². The Kier molecular flexibility index (Phi) is 4.22. The molecule has 0 amide bonds. The SMILES string of the molecule is Cc1cc(=O)oc2cc(OCc3cc(-c4cccc(Cl)c4)no3)ccc12. The van der Waals surface area contributed by atoms with Gasteiger partial charge in [0.05, 0.1) is 0 Å². The molecule has 0 fully saturated rings. The first-order chi connectivity index (χ1) is 12.6. The summed E-state index contributed by atoms with van der Waals surface area (Å²) in [6.07, 6.45) is 0. The highest BCUT2D eigenvalue weighted by molar-refractivity contribution is 6.30. The van der Waals surface area contributed by atoms with Crippen LogP contribution in [0.5, 0.6) is 5.75 Å². The van der Waals surface area contributed by atoms with Crippen molar-refractivity contribution < 1.29 is 13.7 Å². The molecule has 4 aromatic rings. The molecule has 2 heterocycles. The summed E-state index contributed by atoms with van der Waals surface area (Å²) in [6.45, 7) is 2.07. The second-order valence-electron chi connectivity index (χ2n) is 5.88. The molecule has 0 radical (unpaired) electrons. The summed E-state index contributed by atoms with van der Waals surface area (Å²) in [5.74, 6) is 1.15. The molecule has 0 saturated carbocycles. The van der Waals surface area contributed by atoms with Gasteiger partial charge in [0.15, 0.2) is 5.76 Å². The normalized spacial score (nSPS) is 11.0. The molecule has 0 aliphatic carbocycles. The second-order valence-corrected chi connectivity index (χ2v) is 6.32. The van der Waals surface area contributed by atoms with Gasteiger partial charge in [-0.2, -0.15) is 0 Å². The minimum atomic E-state index is -0.381. The molecular formula is C20H14ClNO4. The summed E-state index contributed by atoms with van der Waals surface area (Å²) in [5, 5.41) is 5.55. The summed E-state index contributed by atoms with van der Waals surface area (Å²) in [5.41, 5.74) is 2.53. The van der Waals surface area contributed by atoms with Gasteiger partial charge in [0, 0.05) is 34.2 Å². The zero-order valence-electron chi connectivity index (χ0n) is 13.9. The van der Waals surface area contributed by atoms with E-state index in [0.29, 0.717) is 27.8 Å². The van der Waals surface area contributed by atoms with Crippen LogP contribution in [0, 0.1) is 6.92 Å². The average Bonchev–Trinajstić information content (AvgIpc) is 3.08. The summed E-state index contributed by atoms with van der Waals surface area (Å²) < 4.78 is 16.3. The van der Waals surface area contributed by atoms with Crippen LogP contribution in [-0.2, 0) is 6.61 Å². The summed E-state index contributed by atoms with van der Waals surface area (Å²) in [6, 6.07) is 16.0. The van der Waals surface area contributed by atoms with Crippen LogP contribution >= 0.6 is 11.6 Å². The highest BCUT2D eigenvalue weighted by atomic mass is 35.5. The van der Waals surface area contributed by atoms with Crippen LogP contribution in [-0.4, -0.2) is 5.16 Å². The van der Waals surface area contributed by atoms with Crippen molar-refractivity contribution in [3.05, 3.63) is 81.4 Å². The van der Waals surface area contributed by atoms with Crippen molar-refractivity contribution in [2.75, 3.05) is 0 Å². The lowest BCUT2D eigenvalue weighted by Gasteiger charge is -2.05. The first-order valence-electron chi connectivity index (χ1n) is 7.97. The van der Waals surface area contributed by atoms with Gasteiger partial charge in [-0.15, -0.1) is 0 Å².